The topological polar surface area (TPSA) is 75.7 Å². The molecule has 0 bridgehead atoms. The van der Waals surface area contributed by atoms with Crippen molar-refractivity contribution in [2.24, 2.45) is 0 Å². The monoisotopic (exact) mass is 196 g/mol. The fraction of sp³-hybridized carbons (Fsp3) is 0.375. The maximum absolute atomic E-state index is 11.4. The van der Waals surface area contributed by atoms with E-state index in [4.69, 9.17) is 0 Å². The van der Waals surface area contributed by atoms with Crippen molar-refractivity contribution in [2.45, 2.75) is 6.42 Å². The molecule has 2 saturated heterocycles. The maximum Gasteiger partial charge on any atom is 0.336 e. The molecular formula is C8H8N2O4. The van der Waals surface area contributed by atoms with E-state index in [1.54, 1.807) is 0 Å². The molecule has 0 saturated carbocycles. The minimum absolute atomic E-state index is 0.0556. The number of urea groups is 1. The molecule has 0 aromatic rings. The number of likely N-dealkylation sites (N-methyl/N-ethyl adjacent to an activating group) is 1. The summed E-state index contributed by atoms with van der Waals surface area (Å²) in [5.74, 6) is -1.01. The smallest absolute Gasteiger partial charge is 0.336 e. The second kappa shape index (κ2) is 2.83. The number of carbonyl (C=O) groups is 3. The van der Waals surface area contributed by atoms with Crippen LogP contribution in [0.3, 0.4) is 0 Å². The summed E-state index contributed by atoms with van der Waals surface area (Å²) in [6.07, 6.45) is 0.369. The average molecular weight is 196 g/mol. The fourth-order valence-electron chi connectivity index (χ4n) is 1.37. The summed E-state index contributed by atoms with van der Waals surface area (Å²) < 4.78 is 4.68. The number of amides is 3. The SMILES string of the molecule is CN1C(=O)NC(=C2CCOC2=O)C1=O. The van der Waals surface area contributed by atoms with Gasteiger partial charge in [-0.15, -0.1) is 0 Å². The van der Waals surface area contributed by atoms with Crippen LogP contribution in [-0.4, -0.2) is 36.5 Å². The first-order chi connectivity index (χ1) is 6.61. The Morgan fingerprint density at radius 3 is 2.50 bits per heavy atom. The summed E-state index contributed by atoms with van der Waals surface area (Å²) >= 11 is 0. The van der Waals surface area contributed by atoms with E-state index in [1.165, 1.54) is 7.05 Å². The van der Waals surface area contributed by atoms with Gasteiger partial charge in [-0.3, -0.25) is 9.69 Å². The number of hydrogen-bond donors (Lipinski definition) is 1. The van der Waals surface area contributed by atoms with Gasteiger partial charge in [0.25, 0.3) is 5.91 Å². The first-order valence-electron chi connectivity index (χ1n) is 4.10. The lowest BCUT2D eigenvalue weighted by molar-refractivity contribution is -0.135. The summed E-state index contributed by atoms with van der Waals surface area (Å²) in [4.78, 5) is 34.5. The number of esters is 1. The number of nitrogens with one attached hydrogen (secondary N) is 1. The summed E-state index contributed by atoms with van der Waals surface area (Å²) in [6.45, 7) is 0.268. The van der Waals surface area contributed by atoms with Crippen molar-refractivity contribution in [3.05, 3.63) is 11.3 Å². The molecule has 2 aliphatic heterocycles. The van der Waals surface area contributed by atoms with Crippen LogP contribution in [0.25, 0.3) is 0 Å². The van der Waals surface area contributed by atoms with Crippen molar-refractivity contribution in [1.29, 1.82) is 0 Å². The van der Waals surface area contributed by atoms with E-state index < -0.39 is 17.9 Å². The van der Waals surface area contributed by atoms with Crippen molar-refractivity contribution in [2.75, 3.05) is 13.7 Å². The summed E-state index contributed by atoms with van der Waals surface area (Å²) in [5, 5.41) is 2.34. The molecule has 0 unspecified atom stereocenters. The van der Waals surface area contributed by atoms with Gasteiger partial charge in [-0.2, -0.15) is 0 Å². The number of nitrogens with zero attached hydrogens (tertiary/aromatic N) is 1. The summed E-state index contributed by atoms with van der Waals surface area (Å²) in [5.41, 5.74) is 0.313. The van der Waals surface area contributed by atoms with Gasteiger partial charge in [-0.05, 0) is 0 Å². The molecule has 14 heavy (non-hydrogen) atoms. The van der Waals surface area contributed by atoms with E-state index in [-0.39, 0.29) is 17.9 Å². The molecule has 0 aromatic carbocycles. The van der Waals surface area contributed by atoms with Crippen LogP contribution in [0, 0.1) is 0 Å². The molecule has 0 aromatic heterocycles. The fourth-order valence-corrected chi connectivity index (χ4v) is 1.37. The zero-order valence-corrected chi connectivity index (χ0v) is 7.49. The van der Waals surface area contributed by atoms with Gasteiger partial charge in [-0.1, -0.05) is 0 Å². The van der Waals surface area contributed by atoms with Crippen molar-refractivity contribution in [3.8, 4) is 0 Å². The van der Waals surface area contributed by atoms with E-state index in [2.05, 4.69) is 10.1 Å². The Kier molecular flexibility index (Phi) is 1.77. The molecule has 0 aliphatic carbocycles. The Hall–Kier alpha value is -1.85. The van der Waals surface area contributed by atoms with Gasteiger partial charge in [0, 0.05) is 13.5 Å². The minimum atomic E-state index is -0.524. The van der Waals surface area contributed by atoms with Gasteiger partial charge < -0.3 is 10.1 Å². The summed E-state index contributed by atoms with van der Waals surface area (Å²) in [6, 6.07) is -0.516. The predicted molar refractivity (Wildman–Crippen MR) is 43.9 cm³/mol. The Balaban J connectivity index is 2.40. The highest BCUT2D eigenvalue weighted by Gasteiger charge is 2.36. The third kappa shape index (κ3) is 1.07. The Bertz CT molecular complexity index is 372. The second-order valence-corrected chi connectivity index (χ2v) is 3.03. The Morgan fingerprint density at radius 1 is 1.36 bits per heavy atom. The number of rotatable bonds is 0. The molecule has 74 valence electrons. The normalized spacial score (nSPS) is 26.9. The second-order valence-electron chi connectivity index (χ2n) is 3.03. The molecule has 6 heteroatoms. The van der Waals surface area contributed by atoms with Crippen LogP contribution in [0.2, 0.25) is 0 Å². The molecule has 0 spiro atoms. The van der Waals surface area contributed by atoms with Crippen LogP contribution in [0.15, 0.2) is 11.3 Å². The molecule has 2 heterocycles. The lowest BCUT2D eigenvalue weighted by Crippen LogP contribution is -2.25. The van der Waals surface area contributed by atoms with Crippen LogP contribution < -0.4 is 5.32 Å². The number of cyclic esters (lactones) is 1. The van der Waals surface area contributed by atoms with E-state index in [1.807, 2.05) is 0 Å². The standard InChI is InChI=1S/C8H8N2O4/c1-10-6(11)5(9-8(10)13)4-2-3-14-7(4)12/h2-3H2,1H3,(H,9,13). The molecular weight excluding hydrogens is 188 g/mol. The Labute approximate surface area is 79.5 Å². The number of hydrogen-bond acceptors (Lipinski definition) is 4. The van der Waals surface area contributed by atoms with Crippen LogP contribution in [0.4, 0.5) is 4.79 Å². The van der Waals surface area contributed by atoms with Crippen molar-refractivity contribution >= 4 is 17.9 Å². The van der Waals surface area contributed by atoms with Gasteiger partial charge in [0.1, 0.15) is 5.70 Å². The molecule has 6 nitrogen and oxygen atoms in total. The lowest BCUT2D eigenvalue weighted by atomic mass is 10.1. The van der Waals surface area contributed by atoms with Gasteiger partial charge in [-0.25, -0.2) is 9.59 Å². The number of ether oxygens (including phenoxy) is 1. The van der Waals surface area contributed by atoms with E-state index in [0.29, 0.717) is 6.42 Å². The first kappa shape index (κ1) is 8.74. The molecule has 0 atom stereocenters. The summed E-state index contributed by atoms with van der Waals surface area (Å²) in [7, 11) is 1.35. The highest BCUT2D eigenvalue weighted by Crippen LogP contribution is 2.20. The van der Waals surface area contributed by atoms with Gasteiger partial charge >= 0.3 is 12.0 Å². The lowest BCUT2D eigenvalue weighted by Gasteiger charge is -2.00. The highest BCUT2D eigenvalue weighted by molar-refractivity contribution is 6.15. The molecule has 2 fully saturated rings. The maximum atomic E-state index is 11.4. The molecule has 1 N–H and O–H groups in total. The number of carbonyl (C=O) groups excluding carboxylic acids is 3. The third-order valence-corrected chi connectivity index (χ3v) is 2.19. The highest BCUT2D eigenvalue weighted by atomic mass is 16.5. The van der Waals surface area contributed by atoms with Crippen molar-refractivity contribution in [1.82, 2.24) is 10.2 Å². The average Bonchev–Trinajstić information content (AvgIpc) is 2.66. The van der Waals surface area contributed by atoms with Crippen molar-refractivity contribution < 1.29 is 19.1 Å². The third-order valence-electron chi connectivity index (χ3n) is 2.19. The van der Waals surface area contributed by atoms with Crippen molar-refractivity contribution in [3.63, 3.8) is 0 Å². The zero-order chi connectivity index (χ0) is 10.3. The molecule has 0 radical (unpaired) electrons. The predicted octanol–water partition coefficient (Wildman–Crippen LogP) is -0.631. The van der Waals surface area contributed by atoms with Gasteiger partial charge in [0.2, 0.25) is 0 Å². The first-order valence-corrected chi connectivity index (χ1v) is 4.10. The van der Waals surface area contributed by atoms with Crippen LogP contribution in [0.5, 0.6) is 0 Å². The van der Waals surface area contributed by atoms with E-state index >= 15 is 0 Å². The number of imide groups is 1. The quantitative estimate of drug-likeness (QED) is 0.318. The van der Waals surface area contributed by atoms with Gasteiger partial charge in [0.05, 0.1) is 12.2 Å². The molecule has 2 aliphatic rings. The molecule has 2 rings (SSSR count). The van der Waals surface area contributed by atoms with E-state index in [9.17, 15) is 14.4 Å². The zero-order valence-electron chi connectivity index (χ0n) is 7.49. The van der Waals surface area contributed by atoms with Gasteiger partial charge in [0.15, 0.2) is 0 Å². The Morgan fingerprint density at radius 2 is 2.07 bits per heavy atom. The van der Waals surface area contributed by atoms with E-state index in [0.717, 1.165) is 4.90 Å². The van der Waals surface area contributed by atoms with Crippen LogP contribution in [-0.2, 0) is 14.3 Å². The minimum Gasteiger partial charge on any atom is -0.462 e. The molecule has 3 amide bonds. The largest absolute Gasteiger partial charge is 0.462 e. The van der Waals surface area contributed by atoms with Crippen LogP contribution >= 0.6 is 0 Å². The van der Waals surface area contributed by atoms with Crippen LogP contribution in [0.1, 0.15) is 6.42 Å².